The highest BCUT2D eigenvalue weighted by Crippen LogP contribution is 2.29. The van der Waals surface area contributed by atoms with E-state index in [4.69, 9.17) is 16.3 Å². The third kappa shape index (κ3) is 3.73. The molecule has 3 rings (SSSR count). The molecule has 0 aliphatic heterocycles. The molecule has 0 amide bonds. The first-order valence-corrected chi connectivity index (χ1v) is 8.59. The molecule has 0 saturated carbocycles. The quantitative estimate of drug-likeness (QED) is 0.734. The number of hydrogen-bond donors (Lipinski definition) is 1. The molecule has 1 N–H and O–H groups in total. The summed E-state index contributed by atoms with van der Waals surface area (Å²) in [5, 5.41) is 3.70. The SMILES string of the molecule is COc1cc(Cl)c(C)cc1-n1ccnc(NCc2ccc(C)cc2)c1=O. The Hall–Kier alpha value is -2.79. The van der Waals surface area contributed by atoms with Crippen molar-refractivity contribution in [3.63, 3.8) is 0 Å². The number of aryl methyl sites for hydroxylation is 2. The molecule has 0 unspecified atom stereocenters. The zero-order chi connectivity index (χ0) is 18.7. The summed E-state index contributed by atoms with van der Waals surface area (Å²) in [6.45, 7) is 4.44. The molecular weight excluding hydrogens is 350 g/mol. The molecule has 2 aromatic carbocycles. The number of aromatic nitrogens is 2. The first kappa shape index (κ1) is 18.0. The standard InChI is InChI=1S/C20H20ClN3O2/c1-13-4-6-15(7-5-13)12-23-19-20(25)24(9-8-22-19)17-10-14(2)16(21)11-18(17)26-3/h4-11H,12H2,1-3H3,(H,22,23). The zero-order valence-corrected chi connectivity index (χ0v) is 15.7. The molecule has 0 radical (unpaired) electrons. The van der Waals surface area contributed by atoms with E-state index in [2.05, 4.69) is 10.3 Å². The maximum Gasteiger partial charge on any atom is 0.297 e. The molecule has 26 heavy (non-hydrogen) atoms. The van der Waals surface area contributed by atoms with E-state index in [9.17, 15) is 4.79 Å². The van der Waals surface area contributed by atoms with E-state index in [0.29, 0.717) is 23.0 Å². The van der Waals surface area contributed by atoms with Crippen LogP contribution in [-0.4, -0.2) is 16.7 Å². The molecule has 5 nitrogen and oxygen atoms in total. The summed E-state index contributed by atoms with van der Waals surface area (Å²) in [7, 11) is 1.55. The second-order valence-electron chi connectivity index (χ2n) is 6.06. The Labute approximate surface area is 157 Å². The summed E-state index contributed by atoms with van der Waals surface area (Å²) in [6, 6.07) is 11.7. The average Bonchev–Trinajstić information content (AvgIpc) is 2.64. The van der Waals surface area contributed by atoms with Gasteiger partial charge < -0.3 is 10.1 Å². The maximum absolute atomic E-state index is 12.9. The molecule has 0 aliphatic rings. The molecule has 0 fully saturated rings. The predicted octanol–water partition coefficient (Wildman–Crippen LogP) is 4.12. The first-order chi connectivity index (χ1) is 12.5. The fraction of sp³-hybridized carbons (Fsp3) is 0.200. The first-order valence-electron chi connectivity index (χ1n) is 8.21. The third-order valence-corrected chi connectivity index (χ3v) is 4.55. The predicted molar refractivity (Wildman–Crippen MR) is 105 cm³/mol. The summed E-state index contributed by atoms with van der Waals surface area (Å²) in [6.07, 6.45) is 3.20. The van der Waals surface area contributed by atoms with Crippen molar-refractivity contribution in [1.29, 1.82) is 0 Å². The summed E-state index contributed by atoms with van der Waals surface area (Å²) < 4.78 is 6.89. The van der Waals surface area contributed by atoms with Crippen LogP contribution in [0.3, 0.4) is 0 Å². The average molecular weight is 370 g/mol. The van der Waals surface area contributed by atoms with Crippen LogP contribution in [-0.2, 0) is 6.54 Å². The van der Waals surface area contributed by atoms with Gasteiger partial charge >= 0.3 is 0 Å². The van der Waals surface area contributed by atoms with Gasteiger partial charge in [0.1, 0.15) is 5.75 Å². The van der Waals surface area contributed by atoms with E-state index in [-0.39, 0.29) is 11.4 Å². The third-order valence-electron chi connectivity index (χ3n) is 4.14. The fourth-order valence-corrected chi connectivity index (χ4v) is 2.77. The second-order valence-corrected chi connectivity index (χ2v) is 6.47. The highest BCUT2D eigenvalue weighted by atomic mass is 35.5. The Morgan fingerprint density at radius 1 is 1.19 bits per heavy atom. The number of halogens is 1. The minimum Gasteiger partial charge on any atom is -0.495 e. The van der Waals surface area contributed by atoms with Gasteiger partial charge in [-0.1, -0.05) is 41.4 Å². The van der Waals surface area contributed by atoms with Crippen LogP contribution in [0.15, 0.2) is 53.6 Å². The van der Waals surface area contributed by atoms with Gasteiger partial charge in [-0.2, -0.15) is 0 Å². The molecule has 1 aromatic heterocycles. The van der Waals surface area contributed by atoms with E-state index in [1.165, 1.54) is 10.1 Å². The lowest BCUT2D eigenvalue weighted by Crippen LogP contribution is -2.23. The van der Waals surface area contributed by atoms with Crippen LogP contribution in [0.5, 0.6) is 5.75 Å². The van der Waals surface area contributed by atoms with Crippen molar-refractivity contribution < 1.29 is 4.74 Å². The Bertz CT molecular complexity index is 981. The molecule has 0 atom stereocenters. The van der Waals surface area contributed by atoms with E-state index in [0.717, 1.165) is 11.1 Å². The number of benzene rings is 2. The monoisotopic (exact) mass is 369 g/mol. The van der Waals surface area contributed by atoms with Crippen LogP contribution in [0, 0.1) is 13.8 Å². The van der Waals surface area contributed by atoms with Crippen LogP contribution in [0.25, 0.3) is 5.69 Å². The molecule has 0 bridgehead atoms. The minimum atomic E-state index is -0.250. The van der Waals surface area contributed by atoms with Crippen LogP contribution in [0.4, 0.5) is 5.82 Å². The molecule has 6 heteroatoms. The van der Waals surface area contributed by atoms with Crippen molar-refractivity contribution in [1.82, 2.24) is 9.55 Å². The second kappa shape index (κ2) is 7.62. The van der Waals surface area contributed by atoms with Crippen molar-refractivity contribution in [2.45, 2.75) is 20.4 Å². The fourth-order valence-electron chi connectivity index (χ4n) is 2.61. The Kier molecular flexibility index (Phi) is 5.28. The molecule has 1 heterocycles. The van der Waals surface area contributed by atoms with Gasteiger partial charge in [0.2, 0.25) is 0 Å². The topological polar surface area (TPSA) is 56.1 Å². The van der Waals surface area contributed by atoms with Crippen LogP contribution < -0.4 is 15.6 Å². The molecular formula is C20H20ClN3O2. The minimum absolute atomic E-state index is 0.250. The number of methoxy groups -OCH3 is 1. The van der Waals surface area contributed by atoms with Gasteiger partial charge in [0.05, 0.1) is 12.8 Å². The van der Waals surface area contributed by atoms with Crippen LogP contribution in [0.1, 0.15) is 16.7 Å². The largest absolute Gasteiger partial charge is 0.495 e. The lowest BCUT2D eigenvalue weighted by Gasteiger charge is -2.14. The molecule has 134 valence electrons. The molecule has 0 saturated heterocycles. The normalized spacial score (nSPS) is 10.6. The van der Waals surface area contributed by atoms with E-state index in [1.807, 2.05) is 44.2 Å². The van der Waals surface area contributed by atoms with Gasteiger partial charge in [-0.15, -0.1) is 0 Å². The van der Waals surface area contributed by atoms with Crippen molar-refractivity contribution in [2.75, 3.05) is 12.4 Å². The Balaban J connectivity index is 1.94. The molecule has 0 aliphatic carbocycles. The van der Waals surface area contributed by atoms with E-state index < -0.39 is 0 Å². The van der Waals surface area contributed by atoms with Gasteiger partial charge in [-0.05, 0) is 31.0 Å². The van der Waals surface area contributed by atoms with Gasteiger partial charge in [-0.3, -0.25) is 9.36 Å². The van der Waals surface area contributed by atoms with Gasteiger partial charge in [-0.25, -0.2) is 4.98 Å². The summed E-state index contributed by atoms with van der Waals surface area (Å²) in [5.41, 5.74) is 3.51. The van der Waals surface area contributed by atoms with E-state index in [1.54, 1.807) is 25.6 Å². The smallest absolute Gasteiger partial charge is 0.297 e. The van der Waals surface area contributed by atoms with Crippen molar-refractivity contribution in [3.05, 3.63) is 80.9 Å². The lowest BCUT2D eigenvalue weighted by molar-refractivity contribution is 0.412. The number of nitrogens with zero attached hydrogens (tertiary/aromatic N) is 2. The molecule has 3 aromatic rings. The Morgan fingerprint density at radius 3 is 2.62 bits per heavy atom. The highest BCUT2D eigenvalue weighted by Gasteiger charge is 2.13. The summed E-state index contributed by atoms with van der Waals surface area (Å²) >= 11 is 6.16. The van der Waals surface area contributed by atoms with Crippen LogP contribution >= 0.6 is 11.6 Å². The maximum atomic E-state index is 12.9. The summed E-state index contributed by atoms with van der Waals surface area (Å²) in [4.78, 5) is 17.0. The Morgan fingerprint density at radius 2 is 1.92 bits per heavy atom. The van der Waals surface area contributed by atoms with Gasteiger partial charge in [0, 0.05) is 30.0 Å². The van der Waals surface area contributed by atoms with Gasteiger partial charge in [0.15, 0.2) is 5.82 Å². The lowest BCUT2D eigenvalue weighted by atomic mass is 10.1. The number of anilines is 1. The number of rotatable bonds is 5. The van der Waals surface area contributed by atoms with Crippen molar-refractivity contribution in [3.8, 4) is 11.4 Å². The summed E-state index contributed by atoms with van der Waals surface area (Å²) in [5.74, 6) is 0.807. The van der Waals surface area contributed by atoms with Crippen molar-refractivity contribution >= 4 is 17.4 Å². The number of nitrogens with one attached hydrogen (secondary N) is 1. The van der Waals surface area contributed by atoms with Crippen LogP contribution in [0.2, 0.25) is 5.02 Å². The van der Waals surface area contributed by atoms with Crippen molar-refractivity contribution in [2.24, 2.45) is 0 Å². The number of ether oxygens (including phenoxy) is 1. The van der Waals surface area contributed by atoms with E-state index >= 15 is 0 Å². The zero-order valence-electron chi connectivity index (χ0n) is 14.9. The molecule has 0 spiro atoms. The van der Waals surface area contributed by atoms with Gasteiger partial charge in [0.25, 0.3) is 5.56 Å². The highest BCUT2D eigenvalue weighted by molar-refractivity contribution is 6.31. The number of hydrogen-bond acceptors (Lipinski definition) is 4.